The van der Waals surface area contributed by atoms with Crippen LogP contribution in [0.15, 0.2) is 0 Å². The second-order valence-electron chi connectivity index (χ2n) is 6.52. The van der Waals surface area contributed by atoms with E-state index in [1.54, 1.807) is 0 Å². The SMILES string of the molecule is C#CCCC(NCC)C1(OCC)CCC(C)(C)CC1. The Morgan fingerprint density at radius 2 is 1.84 bits per heavy atom. The smallest absolute Gasteiger partial charge is 0.0835 e. The van der Waals surface area contributed by atoms with E-state index in [9.17, 15) is 0 Å². The van der Waals surface area contributed by atoms with Gasteiger partial charge in [-0.1, -0.05) is 20.8 Å². The van der Waals surface area contributed by atoms with E-state index < -0.39 is 0 Å². The molecule has 0 spiro atoms. The Morgan fingerprint density at radius 1 is 1.21 bits per heavy atom. The molecular weight excluding hydrogens is 234 g/mol. The van der Waals surface area contributed by atoms with Crippen LogP contribution in [0.3, 0.4) is 0 Å². The minimum atomic E-state index is -0.00285. The van der Waals surface area contributed by atoms with E-state index in [4.69, 9.17) is 11.2 Å². The molecule has 110 valence electrons. The molecule has 0 amide bonds. The van der Waals surface area contributed by atoms with Crippen molar-refractivity contribution in [1.82, 2.24) is 5.32 Å². The summed E-state index contributed by atoms with van der Waals surface area (Å²) in [5.41, 5.74) is 0.459. The Morgan fingerprint density at radius 3 is 2.32 bits per heavy atom. The topological polar surface area (TPSA) is 21.3 Å². The average Bonchev–Trinajstić information content (AvgIpc) is 2.38. The van der Waals surface area contributed by atoms with Crippen molar-refractivity contribution < 1.29 is 4.74 Å². The fourth-order valence-corrected chi connectivity index (χ4v) is 3.26. The predicted octanol–water partition coefficient (Wildman–Crippen LogP) is 3.75. The van der Waals surface area contributed by atoms with Gasteiger partial charge in [0.2, 0.25) is 0 Å². The van der Waals surface area contributed by atoms with Crippen LogP contribution in [0.4, 0.5) is 0 Å². The molecule has 1 N–H and O–H groups in total. The van der Waals surface area contributed by atoms with Gasteiger partial charge < -0.3 is 10.1 Å². The molecular formula is C17H31NO. The van der Waals surface area contributed by atoms with Gasteiger partial charge in [0, 0.05) is 19.1 Å². The van der Waals surface area contributed by atoms with Crippen molar-refractivity contribution in [1.29, 1.82) is 0 Å². The molecule has 1 rings (SSSR count). The van der Waals surface area contributed by atoms with Gasteiger partial charge in [-0.05, 0) is 51.0 Å². The van der Waals surface area contributed by atoms with E-state index in [-0.39, 0.29) is 5.60 Å². The normalized spacial score (nSPS) is 22.7. The molecule has 0 bridgehead atoms. The molecule has 0 saturated heterocycles. The van der Waals surface area contributed by atoms with Crippen LogP contribution in [0, 0.1) is 17.8 Å². The molecule has 1 saturated carbocycles. The predicted molar refractivity (Wildman–Crippen MR) is 82.1 cm³/mol. The highest BCUT2D eigenvalue weighted by Gasteiger charge is 2.44. The molecule has 0 heterocycles. The van der Waals surface area contributed by atoms with Gasteiger partial charge in [0.25, 0.3) is 0 Å². The van der Waals surface area contributed by atoms with Gasteiger partial charge in [0.15, 0.2) is 0 Å². The van der Waals surface area contributed by atoms with E-state index in [2.05, 4.69) is 38.9 Å². The maximum Gasteiger partial charge on any atom is 0.0835 e. The highest BCUT2D eigenvalue weighted by molar-refractivity contribution is 5.00. The Kier molecular flexibility index (Phi) is 6.36. The minimum absolute atomic E-state index is 0.00285. The van der Waals surface area contributed by atoms with Crippen molar-refractivity contribution in [3.8, 4) is 12.3 Å². The van der Waals surface area contributed by atoms with Crippen molar-refractivity contribution in [3.05, 3.63) is 0 Å². The summed E-state index contributed by atoms with van der Waals surface area (Å²) in [4.78, 5) is 0. The van der Waals surface area contributed by atoms with Crippen LogP contribution < -0.4 is 5.32 Å². The average molecular weight is 265 g/mol. The van der Waals surface area contributed by atoms with Gasteiger partial charge in [0.05, 0.1) is 5.60 Å². The summed E-state index contributed by atoms with van der Waals surface area (Å²) >= 11 is 0. The molecule has 0 radical (unpaired) electrons. The van der Waals surface area contributed by atoms with E-state index >= 15 is 0 Å². The summed E-state index contributed by atoms with van der Waals surface area (Å²) in [6.45, 7) is 10.8. The summed E-state index contributed by atoms with van der Waals surface area (Å²) in [6, 6.07) is 0.393. The Balaban J connectivity index is 2.80. The Hall–Kier alpha value is -0.520. The third kappa shape index (κ3) is 4.51. The zero-order valence-electron chi connectivity index (χ0n) is 13.2. The Labute approximate surface area is 119 Å². The van der Waals surface area contributed by atoms with Gasteiger partial charge in [-0.2, -0.15) is 0 Å². The highest BCUT2D eigenvalue weighted by atomic mass is 16.5. The lowest BCUT2D eigenvalue weighted by molar-refractivity contribution is -0.107. The molecule has 1 fully saturated rings. The molecule has 1 unspecified atom stereocenters. The lowest BCUT2D eigenvalue weighted by atomic mass is 9.67. The fraction of sp³-hybridized carbons (Fsp3) is 0.882. The Bertz CT molecular complexity index is 293. The summed E-state index contributed by atoms with van der Waals surface area (Å²) in [5.74, 6) is 2.78. The van der Waals surface area contributed by atoms with Crippen molar-refractivity contribution in [2.75, 3.05) is 13.2 Å². The largest absolute Gasteiger partial charge is 0.374 e. The number of hydrogen-bond acceptors (Lipinski definition) is 2. The van der Waals surface area contributed by atoms with E-state index in [0.29, 0.717) is 11.5 Å². The van der Waals surface area contributed by atoms with Crippen LogP contribution in [-0.2, 0) is 4.74 Å². The molecule has 1 aliphatic carbocycles. The summed E-state index contributed by atoms with van der Waals surface area (Å²) in [5, 5.41) is 3.62. The van der Waals surface area contributed by atoms with Gasteiger partial charge in [-0.25, -0.2) is 0 Å². The highest BCUT2D eigenvalue weighted by Crippen LogP contribution is 2.44. The molecule has 1 atom stereocenters. The summed E-state index contributed by atoms with van der Waals surface area (Å²) in [6.07, 6.45) is 12.1. The van der Waals surface area contributed by atoms with Crippen LogP contribution in [0.2, 0.25) is 0 Å². The first-order valence-corrected chi connectivity index (χ1v) is 7.80. The molecule has 19 heavy (non-hydrogen) atoms. The van der Waals surface area contributed by atoms with Crippen LogP contribution in [0.25, 0.3) is 0 Å². The summed E-state index contributed by atoms with van der Waals surface area (Å²) < 4.78 is 6.24. The van der Waals surface area contributed by atoms with Crippen molar-refractivity contribution >= 4 is 0 Å². The van der Waals surface area contributed by atoms with E-state index in [1.165, 1.54) is 12.8 Å². The number of nitrogens with one attached hydrogen (secondary N) is 1. The van der Waals surface area contributed by atoms with E-state index in [1.807, 2.05) is 0 Å². The number of ether oxygens (including phenoxy) is 1. The van der Waals surface area contributed by atoms with Crippen molar-refractivity contribution in [2.45, 2.75) is 77.9 Å². The number of hydrogen-bond donors (Lipinski definition) is 1. The first-order valence-electron chi connectivity index (χ1n) is 7.80. The quantitative estimate of drug-likeness (QED) is 0.708. The molecule has 0 aromatic rings. The van der Waals surface area contributed by atoms with Gasteiger partial charge in [0.1, 0.15) is 0 Å². The van der Waals surface area contributed by atoms with Gasteiger partial charge >= 0.3 is 0 Å². The number of likely N-dealkylation sites (N-methyl/N-ethyl adjacent to an activating group) is 1. The molecule has 0 aromatic heterocycles. The molecule has 2 nitrogen and oxygen atoms in total. The third-order valence-electron chi connectivity index (χ3n) is 4.54. The second-order valence-corrected chi connectivity index (χ2v) is 6.52. The zero-order valence-corrected chi connectivity index (χ0v) is 13.2. The van der Waals surface area contributed by atoms with Crippen molar-refractivity contribution in [3.63, 3.8) is 0 Å². The lowest BCUT2D eigenvalue weighted by Crippen LogP contribution is -2.55. The molecule has 0 aromatic carbocycles. The van der Waals surface area contributed by atoms with Crippen LogP contribution >= 0.6 is 0 Å². The molecule has 0 aliphatic heterocycles. The van der Waals surface area contributed by atoms with Gasteiger partial charge in [-0.3, -0.25) is 0 Å². The second kappa shape index (κ2) is 7.31. The number of terminal acetylenes is 1. The maximum absolute atomic E-state index is 6.24. The summed E-state index contributed by atoms with van der Waals surface area (Å²) in [7, 11) is 0. The first-order chi connectivity index (χ1) is 8.99. The van der Waals surface area contributed by atoms with E-state index in [0.717, 1.165) is 38.8 Å². The third-order valence-corrected chi connectivity index (χ3v) is 4.54. The molecule has 1 aliphatic rings. The van der Waals surface area contributed by atoms with Crippen LogP contribution in [0.1, 0.15) is 66.2 Å². The standard InChI is InChI=1S/C17H31NO/c1-6-9-10-15(18-7-2)17(19-8-3)13-11-16(4,5)12-14-17/h1,15,18H,7-14H2,2-5H3. The van der Waals surface area contributed by atoms with Crippen molar-refractivity contribution in [2.24, 2.45) is 5.41 Å². The number of rotatable bonds is 7. The van der Waals surface area contributed by atoms with Gasteiger partial charge in [-0.15, -0.1) is 12.3 Å². The lowest BCUT2D eigenvalue weighted by Gasteiger charge is -2.48. The fourth-order valence-electron chi connectivity index (χ4n) is 3.26. The molecule has 2 heteroatoms. The maximum atomic E-state index is 6.24. The monoisotopic (exact) mass is 265 g/mol. The first kappa shape index (κ1) is 16.5. The minimum Gasteiger partial charge on any atom is -0.374 e. The van der Waals surface area contributed by atoms with Crippen LogP contribution in [0.5, 0.6) is 0 Å². The zero-order chi connectivity index (χ0) is 14.4. The van der Waals surface area contributed by atoms with Crippen LogP contribution in [-0.4, -0.2) is 24.8 Å².